The van der Waals surface area contributed by atoms with Crippen LogP contribution < -0.4 is 0 Å². The number of carbonyl (C=O) groups is 1. The molecule has 1 amide bonds. The highest BCUT2D eigenvalue weighted by molar-refractivity contribution is 7.86. The minimum atomic E-state index is -3.47. The van der Waals surface area contributed by atoms with Crippen molar-refractivity contribution in [3.8, 4) is 0 Å². The Morgan fingerprint density at radius 3 is 2.50 bits per heavy atom. The zero-order chi connectivity index (χ0) is 16.8. The molecule has 1 saturated carbocycles. The third-order valence-corrected chi connectivity index (χ3v) is 7.92. The van der Waals surface area contributed by atoms with Crippen LogP contribution in [-0.4, -0.2) is 80.3 Å². The molecule has 3 saturated heterocycles. The normalized spacial score (nSPS) is 33.5. The van der Waals surface area contributed by atoms with Gasteiger partial charge in [-0.1, -0.05) is 0 Å². The van der Waals surface area contributed by atoms with Gasteiger partial charge in [-0.05, 0) is 38.0 Å². The predicted octanol–water partition coefficient (Wildman–Crippen LogP) is 0.288. The summed E-state index contributed by atoms with van der Waals surface area (Å²) in [7, 11) is -3.47. The van der Waals surface area contributed by atoms with Gasteiger partial charge in [-0.2, -0.15) is 17.0 Å². The van der Waals surface area contributed by atoms with Crippen LogP contribution in [0.2, 0.25) is 0 Å². The topological polar surface area (TPSA) is 70.2 Å². The first-order chi connectivity index (χ1) is 11.5. The molecule has 4 rings (SSSR count). The highest BCUT2D eigenvalue weighted by atomic mass is 32.2. The third kappa shape index (κ3) is 2.98. The number of hydrogen-bond donors (Lipinski definition) is 0. The first-order valence-electron chi connectivity index (χ1n) is 9.14. The number of likely N-dealkylation sites (tertiary alicyclic amines) is 1. The number of rotatable bonds is 4. The number of nitrogens with zero attached hydrogens (tertiary/aromatic N) is 3. The molecule has 1 atom stereocenters. The van der Waals surface area contributed by atoms with E-state index in [2.05, 4.69) is 0 Å². The maximum absolute atomic E-state index is 13.0. The lowest BCUT2D eigenvalue weighted by atomic mass is 9.78. The highest BCUT2D eigenvalue weighted by Gasteiger charge is 2.52. The molecule has 4 aliphatic rings. The molecule has 1 unspecified atom stereocenters. The van der Waals surface area contributed by atoms with E-state index in [1.165, 1.54) is 21.5 Å². The van der Waals surface area contributed by atoms with E-state index < -0.39 is 15.6 Å². The van der Waals surface area contributed by atoms with Crippen LogP contribution >= 0.6 is 0 Å². The van der Waals surface area contributed by atoms with Crippen molar-refractivity contribution in [3.05, 3.63) is 0 Å². The molecule has 7 nitrogen and oxygen atoms in total. The smallest absolute Gasteiger partial charge is 0.282 e. The summed E-state index contributed by atoms with van der Waals surface area (Å²) in [4.78, 5) is 15.0. The number of carbonyl (C=O) groups excluding carboxylic acids is 1. The molecule has 3 heterocycles. The third-order valence-electron chi connectivity index (χ3n) is 5.94. The molecule has 24 heavy (non-hydrogen) atoms. The largest absolute Gasteiger partial charge is 0.379 e. The minimum Gasteiger partial charge on any atom is -0.379 e. The zero-order valence-electron chi connectivity index (χ0n) is 14.2. The molecule has 0 aromatic carbocycles. The summed E-state index contributed by atoms with van der Waals surface area (Å²) < 4.78 is 34.0. The van der Waals surface area contributed by atoms with E-state index in [1.807, 2.05) is 4.90 Å². The van der Waals surface area contributed by atoms with Gasteiger partial charge in [0.05, 0.1) is 18.6 Å². The lowest BCUT2D eigenvalue weighted by Gasteiger charge is -2.39. The summed E-state index contributed by atoms with van der Waals surface area (Å²) in [5.41, 5.74) is -0.480. The average Bonchev–Trinajstić information content (AvgIpc) is 3.30. The Morgan fingerprint density at radius 2 is 1.79 bits per heavy atom. The van der Waals surface area contributed by atoms with E-state index >= 15 is 0 Å². The van der Waals surface area contributed by atoms with Gasteiger partial charge in [-0.25, -0.2) is 0 Å². The summed E-state index contributed by atoms with van der Waals surface area (Å²) in [6.07, 6.45) is 4.94. The van der Waals surface area contributed by atoms with Gasteiger partial charge in [0.2, 0.25) is 5.91 Å². The SMILES string of the molecule is O=C1N(CC2CC2)CCCC12CCN(S(=O)(=O)N1CCOCC1)C2. The molecule has 1 aliphatic carbocycles. The van der Waals surface area contributed by atoms with Crippen molar-refractivity contribution in [3.63, 3.8) is 0 Å². The van der Waals surface area contributed by atoms with Gasteiger partial charge in [-0.15, -0.1) is 0 Å². The number of amides is 1. The van der Waals surface area contributed by atoms with Gasteiger partial charge < -0.3 is 9.64 Å². The maximum atomic E-state index is 13.0. The first kappa shape index (κ1) is 16.8. The van der Waals surface area contributed by atoms with Crippen molar-refractivity contribution in [1.82, 2.24) is 13.5 Å². The molecular formula is C16H27N3O4S. The van der Waals surface area contributed by atoms with Crippen LogP contribution in [0, 0.1) is 11.3 Å². The number of morpholine rings is 1. The molecule has 0 radical (unpaired) electrons. The van der Waals surface area contributed by atoms with Crippen molar-refractivity contribution in [1.29, 1.82) is 0 Å². The lowest BCUT2D eigenvalue weighted by Crippen LogP contribution is -2.52. The van der Waals surface area contributed by atoms with Crippen molar-refractivity contribution in [2.24, 2.45) is 11.3 Å². The van der Waals surface area contributed by atoms with Gasteiger partial charge in [0.1, 0.15) is 0 Å². The Kier molecular flexibility index (Phi) is 4.35. The van der Waals surface area contributed by atoms with Gasteiger partial charge in [0.15, 0.2) is 0 Å². The van der Waals surface area contributed by atoms with E-state index in [1.54, 1.807) is 0 Å². The molecule has 0 bridgehead atoms. The molecule has 0 N–H and O–H groups in total. The van der Waals surface area contributed by atoms with Crippen LogP contribution in [0.3, 0.4) is 0 Å². The number of hydrogen-bond acceptors (Lipinski definition) is 4. The molecule has 136 valence electrons. The Morgan fingerprint density at radius 1 is 1.04 bits per heavy atom. The van der Waals surface area contributed by atoms with Crippen LogP contribution in [-0.2, 0) is 19.7 Å². The molecular weight excluding hydrogens is 330 g/mol. The second-order valence-corrected chi connectivity index (χ2v) is 9.61. The summed E-state index contributed by atoms with van der Waals surface area (Å²) in [5, 5.41) is 0. The van der Waals surface area contributed by atoms with Crippen LogP contribution in [0.1, 0.15) is 32.1 Å². The zero-order valence-corrected chi connectivity index (χ0v) is 15.0. The average molecular weight is 357 g/mol. The summed E-state index contributed by atoms with van der Waals surface area (Å²) in [6.45, 7) is 4.25. The Balaban J connectivity index is 1.47. The summed E-state index contributed by atoms with van der Waals surface area (Å²) >= 11 is 0. The fourth-order valence-corrected chi connectivity index (χ4v) is 5.96. The monoisotopic (exact) mass is 357 g/mol. The maximum Gasteiger partial charge on any atom is 0.282 e. The second-order valence-electron chi connectivity index (χ2n) is 7.68. The molecule has 4 fully saturated rings. The van der Waals surface area contributed by atoms with Crippen LogP contribution in [0.5, 0.6) is 0 Å². The van der Waals surface area contributed by atoms with Crippen molar-refractivity contribution >= 4 is 16.1 Å². The standard InChI is InChI=1S/C16H27N3O4S/c20-15-16(4-1-6-17(15)12-14-2-3-14)5-7-19(13-16)24(21,22)18-8-10-23-11-9-18/h14H,1-13H2. The minimum absolute atomic E-state index is 0.195. The lowest BCUT2D eigenvalue weighted by molar-refractivity contribution is -0.145. The second kappa shape index (κ2) is 6.23. The molecule has 0 aromatic heterocycles. The molecule has 1 spiro atoms. The van der Waals surface area contributed by atoms with E-state index in [0.29, 0.717) is 51.7 Å². The highest BCUT2D eigenvalue weighted by Crippen LogP contribution is 2.42. The quantitative estimate of drug-likeness (QED) is 0.725. The van der Waals surface area contributed by atoms with Crippen LogP contribution in [0.25, 0.3) is 0 Å². The van der Waals surface area contributed by atoms with Crippen molar-refractivity contribution in [2.45, 2.75) is 32.1 Å². The van der Waals surface area contributed by atoms with E-state index in [0.717, 1.165) is 25.9 Å². The fourth-order valence-electron chi connectivity index (χ4n) is 4.29. The molecule has 8 heteroatoms. The van der Waals surface area contributed by atoms with E-state index in [4.69, 9.17) is 4.74 Å². The van der Waals surface area contributed by atoms with Gasteiger partial charge in [0, 0.05) is 39.3 Å². The summed E-state index contributed by atoms with van der Waals surface area (Å²) in [5.74, 6) is 0.874. The number of ether oxygens (including phenoxy) is 1. The van der Waals surface area contributed by atoms with Gasteiger partial charge in [-0.3, -0.25) is 4.79 Å². The molecule has 0 aromatic rings. The van der Waals surface area contributed by atoms with Crippen molar-refractivity contribution in [2.75, 3.05) is 52.5 Å². The predicted molar refractivity (Wildman–Crippen MR) is 88.5 cm³/mol. The Bertz CT molecular complexity index is 600. The van der Waals surface area contributed by atoms with E-state index in [-0.39, 0.29) is 5.91 Å². The molecule has 3 aliphatic heterocycles. The van der Waals surface area contributed by atoms with Crippen LogP contribution in [0.15, 0.2) is 0 Å². The van der Waals surface area contributed by atoms with E-state index in [9.17, 15) is 13.2 Å². The fraction of sp³-hybridized carbons (Fsp3) is 0.938. The Labute approximate surface area is 144 Å². The van der Waals surface area contributed by atoms with Crippen LogP contribution in [0.4, 0.5) is 0 Å². The Hall–Kier alpha value is -0.700. The number of piperidine rings is 1. The van der Waals surface area contributed by atoms with Gasteiger partial charge >= 0.3 is 0 Å². The summed E-state index contributed by atoms with van der Waals surface area (Å²) in [6, 6.07) is 0. The van der Waals surface area contributed by atoms with Gasteiger partial charge in [0.25, 0.3) is 10.2 Å². The van der Waals surface area contributed by atoms with Crippen molar-refractivity contribution < 1.29 is 17.9 Å². The first-order valence-corrected chi connectivity index (χ1v) is 10.5.